The zero-order valence-electron chi connectivity index (χ0n) is 12.1. The van der Waals surface area contributed by atoms with E-state index in [9.17, 15) is 9.59 Å². The smallest absolute Gasteiger partial charge is 0.240 e. The number of primary amides is 1. The van der Waals surface area contributed by atoms with Crippen LogP contribution < -0.4 is 11.5 Å². The molecule has 2 amide bonds. The number of rotatable bonds is 7. The van der Waals surface area contributed by atoms with Crippen LogP contribution in [0, 0.1) is 0 Å². The van der Waals surface area contributed by atoms with Gasteiger partial charge in [0.05, 0.1) is 18.6 Å². The average molecular weight is 277 g/mol. The molecule has 4 N–H and O–H groups in total. The minimum Gasteiger partial charge on any atom is -0.368 e. The van der Waals surface area contributed by atoms with Gasteiger partial charge in [0.25, 0.3) is 0 Å². The van der Waals surface area contributed by atoms with Gasteiger partial charge in [0.1, 0.15) is 0 Å². The molecule has 0 radical (unpaired) electrons. The van der Waals surface area contributed by atoms with Crippen LogP contribution >= 0.6 is 0 Å². The quantitative estimate of drug-likeness (QED) is 0.784. The molecule has 0 fully saturated rings. The summed E-state index contributed by atoms with van der Waals surface area (Å²) in [5.74, 6) is -0.771. The van der Waals surface area contributed by atoms with Gasteiger partial charge < -0.3 is 16.4 Å². The van der Waals surface area contributed by atoms with E-state index in [1.54, 1.807) is 0 Å². The van der Waals surface area contributed by atoms with Crippen LogP contribution in [0.1, 0.15) is 38.3 Å². The molecule has 1 aromatic carbocycles. The van der Waals surface area contributed by atoms with E-state index in [4.69, 9.17) is 11.5 Å². The Morgan fingerprint density at radius 3 is 2.35 bits per heavy atom. The molecule has 0 saturated heterocycles. The monoisotopic (exact) mass is 277 g/mol. The number of benzene rings is 1. The summed E-state index contributed by atoms with van der Waals surface area (Å²) in [6.45, 7) is 3.72. The third kappa shape index (κ3) is 4.35. The molecule has 20 heavy (non-hydrogen) atoms. The summed E-state index contributed by atoms with van der Waals surface area (Å²) in [5.41, 5.74) is 12.1. The number of amides is 2. The first-order valence-corrected chi connectivity index (χ1v) is 6.86. The average Bonchev–Trinajstić information content (AvgIpc) is 2.44. The number of hydrogen-bond donors (Lipinski definition) is 2. The highest BCUT2D eigenvalue weighted by molar-refractivity contribution is 5.87. The van der Waals surface area contributed by atoms with Crippen molar-refractivity contribution in [3.8, 4) is 0 Å². The topological polar surface area (TPSA) is 89.4 Å². The lowest BCUT2D eigenvalue weighted by Gasteiger charge is -2.30. The van der Waals surface area contributed by atoms with Crippen molar-refractivity contribution in [1.29, 1.82) is 0 Å². The molecule has 0 aliphatic carbocycles. The highest BCUT2D eigenvalue weighted by Crippen LogP contribution is 2.20. The maximum absolute atomic E-state index is 12.4. The van der Waals surface area contributed by atoms with Crippen molar-refractivity contribution < 1.29 is 9.59 Å². The fraction of sp³-hybridized carbons (Fsp3) is 0.467. The summed E-state index contributed by atoms with van der Waals surface area (Å²) in [5, 5.41) is 0. The van der Waals surface area contributed by atoms with Gasteiger partial charge in [-0.15, -0.1) is 0 Å². The van der Waals surface area contributed by atoms with Crippen LogP contribution in [0.4, 0.5) is 0 Å². The third-order valence-electron chi connectivity index (χ3n) is 3.28. The van der Waals surface area contributed by atoms with E-state index in [1.165, 1.54) is 4.90 Å². The van der Waals surface area contributed by atoms with Crippen LogP contribution in [0.2, 0.25) is 0 Å². The Kier molecular flexibility index (Phi) is 6.18. The van der Waals surface area contributed by atoms with E-state index in [2.05, 4.69) is 0 Å². The number of carbonyl (C=O) groups excluding carboxylic acids is 2. The Morgan fingerprint density at radius 1 is 1.25 bits per heavy atom. The largest absolute Gasteiger partial charge is 0.368 e. The summed E-state index contributed by atoms with van der Waals surface area (Å²) in [6.07, 6.45) is 1.41. The lowest BCUT2D eigenvalue weighted by molar-refractivity contribution is -0.138. The second-order valence-corrected chi connectivity index (χ2v) is 4.91. The maximum Gasteiger partial charge on any atom is 0.240 e. The second-order valence-electron chi connectivity index (χ2n) is 4.91. The lowest BCUT2D eigenvalue weighted by atomic mass is 10.0. The van der Waals surface area contributed by atoms with Crippen molar-refractivity contribution in [1.82, 2.24) is 4.90 Å². The molecule has 0 aliphatic rings. The van der Waals surface area contributed by atoms with Gasteiger partial charge in [-0.2, -0.15) is 0 Å². The molecule has 1 aromatic rings. The summed E-state index contributed by atoms with van der Waals surface area (Å²) in [4.78, 5) is 25.1. The van der Waals surface area contributed by atoms with Gasteiger partial charge in [-0.3, -0.25) is 9.59 Å². The predicted molar refractivity (Wildman–Crippen MR) is 78.6 cm³/mol. The SMILES string of the molecule is CCCC(N)C(=O)N(CC(N)=O)[C@H](C)c1ccccc1. The third-order valence-corrected chi connectivity index (χ3v) is 3.28. The Morgan fingerprint density at radius 2 is 1.85 bits per heavy atom. The molecule has 0 saturated carbocycles. The zero-order chi connectivity index (χ0) is 15.1. The molecule has 0 aliphatic heterocycles. The van der Waals surface area contributed by atoms with Gasteiger partial charge in [-0.1, -0.05) is 43.7 Å². The molecule has 0 bridgehead atoms. The molecule has 0 heterocycles. The van der Waals surface area contributed by atoms with Crippen LogP contribution in [0.3, 0.4) is 0 Å². The Bertz CT molecular complexity index is 448. The minimum atomic E-state index is -0.592. The van der Waals surface area contributed by atoms with Gasteiger partial charge in [0, 0.05) is 0 Å². The fourth-order valence-electron chi connectivity index (χ4n) is 2.13. The van der Waals surface area contributed by atoms with Crippen LogP contribution in [0.15, 0.2) is 30.3 Å². The summed E-state index contributed by atoms with van der Waals surface area (Å²) >= 11 is 0. The van der Waals surface area contributed by atoms with Crippen molar-refractivity contribution in [3.05, 3.63) is 35.9 Å². The summed E-state index contributed by atoms with van der Waals surface area (Å²) in [7, 11) is 0. The van der Waals surface area contributed by atoms with E-state index >= 15 is 0 Å². The van der Waals surface area contributed by atoms with Gasteiger partial charge >= 0.3 is 0 Å². The fourth-order valence-corrected chi connectivity index (χ4v) is 2.13. The molecule has 0 spiro atoms. The maximum atomic E-state index is 12.4. The van der Waals surface area contributed by atoms with E-state index in [1.807, 2.05) is 44.2 Å². The number of hydrogen-bond acceptors (Lipinski definition) is 3. The van der Waals surface area contributed by atoms with Crippen molar-refractivity contribution in [2.24, 2.45) is 11.5 Å². The van der Waals surface area contributed by atoms with Crippen molar-refractivity contribution in [3.63, 3.8) is 0 Å². The molecule has 0 aromatic heterocycles. The number of nitrogens with zero attached hydrogens (tertiary/aromatic N) is 1. The predicted octanol–water partition coefficient (Wildman–Crippen LogP) is 1.19. The van der Waals surface area contributed by atoms with E-state index in [0.717, 1.165) is 12.0 Å². The number of carbonyl (C=O) groups is 2. The van der Waals surface area contributed by atoms with Gasteiger partial charge in [0.2, 0.25) is 11.8 Å². The van der Waals surface area contributed by atoms with Crippen LogP contribution in [0.5, 0.6) is 0 Å². The van der Waals surface area contributed by atoms with Crippen LogP contribution in [-0.4, -0.2) is 29.3 Å². The molecule has 1 rings (SSSR count). The number of nitrogens with two attached hydrogens (primary N) is 2. The van der Waals surface area contributed by atoms with Gasteiger partial charge in [-0.25, -0.2) is 0 Å². The first kappa shape index (κ1) is 16.2. The minimum absolute atomic E-state index is 0.119. The van der Waals surface area contributed by atoms with E-state index in [-0.39, 0.29) is 18.5 Å². The zero-order valence-corrected chi connectivity index (χ0v) is 12.1. The normalized spacial score (nSPS) is 13.6. The van der Waals surface area contributed by atoms with Crippen LogP contribution in [-0.2, 0) is 9.59 Å². The van der Waals surface area contributed by atoms with Gasteiger partial charge in [-0.05, 0) is 18.9 Å². The molecule has 5 heteroatoms. The van der Waals surface area contributed by atoms with Crippen molar-refractivity contribution >= 4 is 11.8 Å². The second kappa shape index (κ2) is 7.65. The van der Waals surface area contributed by atoms with E-state index < -0.39 is 11.9 Å². The molecule has 110 valence electrons. The summed E-state index contributed by atoms with van der Waals surface area (Å²) < 4.78 is 0. The van der Waals surface area contributed by atoms with Crippen LogP contribution in [0.25, 0.3) is 0 Å². The molecular formula is C15H23N3O2. The standard InChI is InChI=1S/C15H23N3O2/c1-3-7-13(16)15(20)18(10-14(17)19)11(2)12-8-5-4-6-9-12/h4-6,8-9,11,13H,3,7,10,16H2,1-2H3,(H2,17,19)/t11-,13?/m1/s1. The Balaban J connectivity index is 2.94. The molecule has 5 nitrogen and oxygen atoms in total. The Hall–Kier alpha value is -1.88. The van der Waals surface area contributed by atoms with Crippen molar-refractivity contribution in [2.45, 2.75) is 38.8 Å². The first-order valence-electron chi connectivity index (χ1n) is 6.86. The van der Waals surface area contributed by atoms with Crippen molar-refractivity contribution in [2.75, 3.05) is 6.54 Å². The lowest BCUT2D eigenvalue weighted by Crippen LogP contribution is -2.48. The molecule has 1 unspecified atom stereocenters. The highest BCUT2D eigenvalue weighted by Gasteiger charge is 2.26. The van der Waals surface area contributed by atoms with E-state index in [0.29, 0.717) is 6.42 Å². The Labute approximate surface area is 119 Å². The molecule has 2 atom stereocenters. The summed E-state index contributed by atoms with van der Waals surface area (Å²) in [6, 6.07) is 8.69. The van der Waals surface area contributed by atoms with Gasteiger partial charge in [0.15, 0.2) is 0 Å². The molecular weight excluding hydrogens is 254 g/mol. The highest BCUT2D eigenvalue weighted by atomic mass is 16.2. The first-order chi connectivity index (χ1) is 9.47.